The number of carbonyl (C=O) groups excluding carboxylic acids is 1. The molecule has 8 nitrogen and oxygen atoms in total. The van der Waals surface area contributed by atoms with E-state index in [9.17, 15) is 9.59 Å². The normalized spacial score (nSPS) is 14.0. The van der Waals surface area contributed by atoms with Gasteiger partial charge in [0.25, 0.3) is 5.56 Å². The van der Waals surface area contributed by atoms with Crippen molar-refractivity contribution in [1.29, 1.82) is 0 Å². The van der Waals surface area contributed by atoms with Crippen molar-refractivity contribution in [2.45, 2.75) is 25.3 Å². The number of hydrogen-bond acceptors (Lipinski definition) is 4. The van der Waals surface area contributed by atoms with Gasteiger partial charge in [-0.1, -0.05) is 6.08 Å². The van der Waals surface area contributed by atoms with Gasteiger partial charge in [0.15, 0.2) is 0 Å². The van der Waals surface area contributed by atoms with Gasteiger partial charge in [-0.25, -0.2) is 4.52 Å². The summed E-state index contributed by atoms with van der Waals surface area (Å²) in [6.07, 6.45) is 13.7. The first-order chi connectivity index (χ1) is 13.5. The molecule has 0 unspecified atom stereocenters. The lowest BCUT2D eigenvalue weighted by Crippen LogP contribution is -2.40. The number of nitrogens with zero attached hydrogens (tertiary/aromatic N) is 5. The van der Waals surface area contributed by atoms with Crippen LogP contribution in [0.5, 0.6) is 0 Å². The fraction of sp³-hybridized carbons (Fsp3) is 0.368. The molecule has 0 aliphatic heterocycles. The van der Waals surface area contributed by atoms with E-state index >= 15 is 0 Å². The molecule has 0 atom stereocenters. The fourth-order valence-corrected chi connectivity index (χ4v) is 2.95. The first-order valence-electron chi connectivity index (χ1n) is 9.04. The molecular formula is C19H23ClN6O2. The largest absolute Gasteiger partial charge is 0.339 e. The molecule has 0 saturated heterocycles. The predicted octanol–water partition coefficient (Wildman–Crippen LogP) is 2.22. The number of halogens is 1. The number of H-pyrrole nitrogens is 1. The maximum absolute atomic E-state index is 11.7. The summed E-state index contributed by atoms with van der Waals surface area (Å²) in [5.41, 5.74) is 1.94. The number of rotatable bonds is 4. The molecule has 0 aromatic carbocycles. The highest BCUT2D eigenvalue weighted by atomic mass is 35.5. The Morgan fingerprint density at radius 1 is 1.39 bits per heavy atom. The van der Waals surface area contributed by atoms with Crippen molar-refractivity contribution < 1.29 is 4.79 Å². The smallest absolute Gasteiger partial charge is 0.274 e. The molecular weight excluding hydrogens is 380 g/mol. The molecule has 3 heterocycles. The fourth-order valence-electron chi connectivity index (χ4n) is 2.86. The van der Waals surface area contributed by atoms with Crippen molar-refractivity contribution in [3.63, 3.8) is 0 Å². The lowest BCUT2D eigenvalue weighted by atomic mass is 9.92. The number of nitrogens with one attached hydrogen (secondary N) is 1. The average molecular weight is 403 g/mol. The highest BCUT2D eigenvalue weighted by molar-refractivity contribution is 6.19. The quantitative estimate of drug-likeness (QED) is 0.535. The standard InChI is InChI=1S/C10H9N5O.C9H14ClNO/c1-14-5-7(4-12-14)8-6-15-9(2-3-11-15)10(16)13-8;1-11(8-4-2-5-8)9(12)6-3-7-10/h2-6H,1H3,(H,13,16);3,6,8H,2,4-5,7H2,1H3/b;6-3+. The van der Waals surface area contributed by atoms with Gasteiger partial charge >= 0.3 is 0 Å². The molecule has 1 saturated carbocycles. The van der Waals surface area contributed by atoms with Gasteiger partial charge in [-0.3, -0.25) is 14.3 Å². The minimum Gasteiger partial charge on any atom is -0.339 e. The zero-order chi connectivity index (χ0) is 20.1. The van der Waals surface area contributed by atoms with E-state index in [0.717, 1.165) is 18.4 Å². The topological polar surface area (TPSA) is 88.3 Å². The summed E-state index contributed by atoms with van der Waals surface area (Å²) in [5.74, 6) is 0.477. The average Bonchev–Trinajstić information content (AvgIpc) is 3.27. The van der Waals surface area contributed by atoms with Crippen LogP contribution in [-0.4, -0.2) is 54.2 Å². The van der Waals surface area contributed by atoms with Gasteiger partial charge in [-0.05, 0) is 25.3 Å². The zero-order valence-electron chi connectivity index (χ0n) is 15.9. The molecule has 0 spiro atoms. The molecule has 4 rings (SSSR count). The maximum Gasteiger partial charge on any atom is 0.274 e. The maximum atomic E-state index is 11.7. The summed E-state index contributed by atoms with van der Waals surface area (Å²) in [6, 6.07) is 2.14. The second kappa shape index (κ2) is 8.88. The number of likely N-dealkylation sites (N-methyl/N-ethyl adjacent to an activating group) is 1. The summed E-state index contributed by atoms with van der Waals surface area (Å²) in [6.45, 7) is 0. The van der Waals surface area contributed by atoms with Crippen LogP contribution >= 0.6 is 11.6 Å². The molecule has 0 radical (unpaired) electrons. The molecule has 3 aromatic heterocycles. The van der Waals surface area contributed by atoms with Crippen LogP contribution in [0.15, 0.2) is 47.8 Å². The third-order valence-electron chi connectivity index (χ3n) is 4.74. The predicted molar refractivity (Wildman–Crippen MR) is 108 cm³/mol. The highest BCUT2D eigenvalue weighted by Gasteiger charge is 2.23. The number of allylic oxidation sites excluding steroid dienone is 1. The summed E-state index contributed by atoms with van der Waals surface area (Å²) < 4.78 is 3.24. The molecule has 1 aliphatic carbocycles. The number of amides is 1. The van der Waals surface area contributed by atoms with E-state index in [-0.39, 0.29) is 11.5 Å². The van der Waals surface area contributed by atoms with Crippen LogP contribution in [0.3, 0.4) is 0 Å². The van der Waals surface area contributed by atoms with E-state index in [0.29, 0.717) is 23.1 Å². The monoisotopic (exact) mass is 402 g/mol. The minimum absolute atomic E-state index is 0.0698. The number of aromatic amines is 1. The molecule has 1 N–H and O–H groups in total. The third-order valence-corrected chi connectivity index (χ3v) is 4.92. The van der Waals surface area contributed by atoms with Crippen LogP contribution in [0.2, 0.25) is 0 Å². The highest BCUT2D eigenvalue weighted by Crippen LogP contribution is 2.23. The Balaban J connectivity index is 0.000000169. The molecule has 1 aliphatic rings. The van der Waals surface area contributed by atoms with Crippen LogP contribution in [-0.2, 0) is 11.8 Å². The SMILES string of the molecule is CN(C(=O)/C=C/CCl)C1CCC1.Cn1cc(-c2cn3nccc3c(=O)[nH]2)cn1. The van der Waals surface area contributed by atoms with Crippen molar-refractivity contribution in [1.82, 2.24) is 29.3 Å². The van der Waals surface area contributed by atoms with E-state index in [1.54, 1.807) is 50.9 Å². The number of carbonyl (C=O) groups is 1. The van der Waals surface area contributed by atoms with Crippen LogP contribution in [0.25, 0.3) is 16.8 Å². The second-order valence-electron chi connectivity index (χ2n) is 6.65. The van der Waals surface area contributed by atoms with Crippen LogP contribution in [0.4, 0.5) is 0 Å². The number of aromatic nitrogens is 5. The van der Waals surface area contributed by atoms with Crippen molar-refractivity contribution in [3.8, 4) is 11.3 Å². The van der Waals surface area contributed by atoms with Crippen molar-refractivity contribution in [2.75, 3.05) is 12.9 Å². The van der Waals surface area contributed by atoms with Gasteiger partial charge in [0.1, 0.15) is 5.52 Å². The van der Waals surface area contributed by atoms with E-state index < -0.39 is 0 Å². The number of hydrogen-bond donors (Lipinski definition) is 1. The van der Waals surface area contributed by atoms with Gasteiger partial charge in [0.2, 0.25) is 5.91 Å². The molecule has 0 bridgehead atoms. The summed E-state index contributed by atoms with van der Waals surface area (Å²) in [7, 11) is 3.68. The lowest BCUT2D eigenvalue weighted by Gasteiger charge is -2.34. The summed E-state index contributed by atoms with van der Waals surface area (Å²) in [4.78, 5) is 27.6. The Bertz CT molecular complexity index is 1030. The molecule has 1 amide bonds. The first-order valence-corrected chi connectivity index (χ1v) is 9.58. The van der Waals surface area contributed by atoms with Crippen LogP contribution in [0.1, 0.15) is 19.3 Å². The van der Waals surface area contributed by atoms with Crippen molar-refractivity contribution in [2.24, 2.45) is 7.05 Å². The van der Waals surface area contributed by atoms with E-state index in [1.165, 1.54) is 6.42 Å². The number of alkyl halides is 1. The van der Waals surface area contributed by atoms with Gasteiger partial charge in [0, 0.05) is 43.9 Å². The van der Waals surface area contributed by atoms with Gasteiger partial charge in [0.05, 0.1) is 24.3 Å². The molecule has 28 heavy (non-hydrogen) atoms. The molecule has 148 valence electrons. The summed E-state index contributed by atoms with van der Waals surface area (Å²) >= 11 is 5.42. The zero-order valence-corrected chi connectivity index (χ0v) is 16.6. The first kappa shape index (κ1) is 19.9. The lowest BCUT2D eigenvalue weighted by molar-refractivity contribution is -0.128. The van der Waals surface area contributed by atoms with Crippen LogP contribution < -0.4 is 5.56 Å². The third kappa shape index (κ3) is 4.51. The van der Waals surface area contributed by atoms with Gasteiger partial charge < -0.3 is 9.88 Å². The van der Waals surface area contributed by atoms with Gasteiger partial charge in [-0.2, -0.15) is 10.2 Å². The number of aryl methyl sites for hydroxylation is 1. The Morgan fingerprint density at radius 3 is 2.79 bits per heavy atom. The van der Waals surface area contributed by atoms with Crippen LogP contribution in [0, 0.1) is 0 Å². The van der Waals surface area contributed by atoms with Crippen molar-refractivity contribution >= 4 is 23.0 Å². The molecule has 3 aromatic rings. The van der Waals surface area contributed by atoms with E-state index in [1.807, 2.05) is 20.3 Å². The summed E-state index contributed by atoms with van der Waals surface area (Å²) in [5, 5.41) is 8.10. The molecule has 1 fully saturated rings. The van der Waals surface area contributed by atoms with E-state index in [4.69, 9.17) is 11.6 Å². The molecule has 9 heteroatoms. The Labute approximate surface area is 167 Å². The number of fused-ring (bicyclic) bond motifs is 1. The Hall–Kier alpha value is -2.87. The minimum atomic E-state index is -0.154. The Morgan fingerprint density at radius 2 is 2.18 bits per heavy atom. The van der Waals surface area contributed by atoms with E-state index in [2.05, 4.69) is 15.2 Å². The Kier molecular flexibility index (Phi) is 6.30. The van der Waals surface area contributed by atoms with Crippen molar-refractivity contribution in [3.05, 3.63) is 53.4 Å². The second-order valence-corrected chi connectivity index (χ2v) is 6.96. The van der Waals surface area contributed by atoms with Gasteiger partial charge in [-0.15, -0.1) is 11.6 Å².